The molecule has 2 aromatic rings. The Morgan fingerprint density at radius 3 is 2.53 bits per heavy atom. The van der Waals surface area contributed by atoms with E-state index >= 15 is 0 Å². The number of halogens is 1. The van der Waals surface area contributed by atoms with Gasteiger partial charge in [0.15, 0.2) is 0 Å². The van der Waals surface area contributed by atoms with E-state index in [1.165, 1.54) is 0 Å². The first kappa shape index (κ1) is 10.2. The van der Waals surface area contributed by atoms with Crippen LogP contribution >= 0.6 is 11.6 Å². The Balaban J connectivity index is 2.55. The molecular formula is C11H12ClN3. The standard InChI is InChI=1S/C11H12ClN3/c1-15-9(7-13)14-10(11(15)12)8-5-3-2-4-6-8/h2-6H,7,13H2,1H3. The van der Waals surface area contributed by atoms with Gasteiger partial charge in [0.25, 0.3) is 0 Å². The Kier molecular flexibility index (Phi) is 2.75. The van der Waals surface area contributed by atoms with E-state index in [1.807, 2.05) is 41.9 Å². The topological polar surface area (TPSA) is 43.8 Å². The van der Waals surface area contributed by atoms with E-state index in [2.05, 4.69) is 4.98 Å². The lowest BCUT2D eigenvalue weighted by atomic mass is 10.2. The highest BCUT2D eigenvalue weighted by Crippen LogP contribution is 2.27. The molecule has 0 unspecified atom stereocenters. The first-order valence-electron chi connectivity index (χ1n) is 4.70. The van der Waals surface area contributed by atoms with Crippen molar-refractivity contribution in [2.24, 2.45) is 12.8 Å². The molecule has 1 heterocycles. The normalized spacial score (nSPS) is 10.6. The zero-order valence-electron chi connectivity index (χ0n) is 8.44. The van der Waals surface area contributed by atoms with Gasteiger partial charge in [0, 0.05) is 12.6 Å². The van der Waals surface area contributed by atoms with Gasteiger partial charge in [-0.05, 0) is 0 Å². The van der Waals surface area contributed by atoms with Crippen LogP contribution in [0.3, 0.4) is 0 Å². The van der Waals surface area contributed by atoms with E-state index in [-0.39, 0.29) is 0 Å². The average molecular weight is 222 g/mol. The van der Waals surface area contributed by atoms with E-state index in [0.29, 0.717) is 11.7 Å². The van der Waals surface area contributed by atoms with Crippen molar-refractivity contribution in [1.82, 2.24) is 9.55 Å². The number of hydrogen-bond donors (Lipinski definition) is 1. The Morgan fingerprint density at radius 2 is 2.00 bits per heavy atom. The summed E-state index contributed by atoms with van der Waals surface area (Å²) in [5.41, 5.74) is 7.37. The first-order valence-corrected chi connectivity index (χ1v) is 5.08. The molecule has 0 fully saturated rings. The molecule has 78 valence electrons. The highest BCUT2D eigenvalue weighted by molar-refractivity contribution is 6.32. The molecule has 1 aromatic heterocycles. The summed E-state index contributed by atoms with van der Waals surface area (Å²) in [6.45, 7) is 0.392. The third kappa shape index (κ3) is 1.76. The molecule has 1 aromatic carbocycles. The molecule has 0 spiro atoms. The largest absolute Gasteiger partial charge is 0.324 e. The molecule has 15 heavy (non-hydrogen) atoms. The molecular weight excluding hydrogens is 210 g/mol. The van der Waals surface area contributed by atoms with Gasteiger partial charge in [0.1, 0.15) is 16.7 Å². The van der Waals surface area contributed by atoms with Crippen molar-refractivity contribution in [3.63, 3.8) is 0 Å². The Labute approximate surface area is 93.5 Å². The van der Waals surface area contributed by atoms with Crippen LogP contribution < -0.4 is 5.73 Å². The molecule has 0 aliphatic rings. The average Bonchev–Trinajstić information content (AvgIpc) is 2.57. The van der Waals surface area contributed by atoms with Crippen LogP contribution in [0, 0.1) is 0 Å². The lowest BCUT2D eigenvalue weighted by Gasteiger charge is -1.98. The maximum absolute atomic E-state index is 6.17. The van der Waals surface area contributed by atoms with E-state index in [0.717, 1.165) is 17.1 Å². The first-order chi connectivity index (χ1) is 7.24. The predicted octanol–water partition coefficient (Wildman–Crippen LogP) is 2.20. The van der Waals surface area contributed by atoms with Gasteiger partial charge in [-0.15, -0.1) is 0 Å². The summed E-state index contributed by atoms with van der Waals surface area (Å²) in [7, 11) is 1.87. The summed E-state index contributed by atoms with van der Waals surface area (Å²) in [5.74, 6) is 0.791. The van der Waals surface area contributed by atoms with Gasteiger partial charge < -0.3 is 10.3 Å². The van der Waals surface area contributed by atoms with E-state index in [4.69, 9.17) is 17.3 Å². The lowest BCUT2D eigenvalue weighted by molar-refractivity contribution is 0.794. The molecule has 2 N–H and O–H groups in total. The molecule has 0 saturated heterocycles. The number of aromatic nitrogens is 2. The number of imidazole rings is 1. The Bertz CT molecular complexity index is 462. The Hall–Kier alpha value is -1.32. The molecule has 0 bridgehead atoms. The van der Waals surface area contributed by atoms with Gasteiger partial charge in [0.2, 0.25) is 0 Å². The van der Waals surface area contributed by atoms with Crippen molar-refractivity contribution >= 4 is 11.6 Å². The lowest BCUT2D eigenvalue weighted by Crippen LogP contribution is -2.04. The minimum atomic E-state index is 0.392. The second-order valence-electron chi connectivity index (χ2n) is 3.30. The van der Waals surface area contributed by atoms with Crippen LogP contribution in [-0.4, -0.2) is 9.55 Å². The van der Waals surface area contributed by atoms with Crippen LogP contribution in [0.2, 0.25) is 5.15 Å². The van der Waals surface area contributed by atoms with Crippen molar-refractivity contribution in [3.05, 3.63) is 41.3 Å². The van der Waals surface area contributed by atoms with Gasteiger partial charge >= 0.3 is 0 Å². The molecule has 0 aliphatic carbocycles. The van der Waals surface area contributed by atoms with Crippen molar-refractivity contribution in [2.75, 3.05) is 0 Å². The second-order valence-corrected chi connectivity index (χ2v) is 3.65. The molecule has 3 nitrogen and oxygen atoms in total. The monoisotopic (exact) mass is 221 g/mol. The van der Waals surface area contributed by atoms with Gasteiger partial charge in [-0.25, -0.2) is 4.98 Å². The van der Waals surface area contributed by atoms with Crippen molar-refractivity contribution < 1.29 is 0 Å². The van der Waals surface area contributed by atoms with Crippen LogP contribution in [0.1, 0.15) is 5.82 Å². The zero-order chi connectivity index (χ0) is 10.8. The molecule has 0 atom stereocenters. The van der Waals surface area contributed by atoms with Gasteiger partial charge in [-0.3, -0.25) is 0 Å². The maximum atomic E-state index is 6.17. The zero-order valence-corrected chi connectivity index (χ0v) is 9.20. The number of benzene rings is 1. The summed E-state index contributed by atoms with van der Waals surface area (Å²) in [5, 5.41) is 0.627. The van der Waals surface area contributed by atoms with Crippen molar-refractivity contribution in [3.8, 4) is 11.3 Å². The van der Waals surface area contributed by atoms with E-state index in [9.17, 15) is 0 Å². The quantitative estimate of drug-likeness (QED) is 0.845. The molecule has 2 rings (SSSR count). The highest BCUT2D eigenvalue weighted by atomic mass is 35.5. The SMILES string of the molecule is Cn1c(CN)nc(-c2ccccc2)c1Cl. The molecule has 0 saturated carbocycles. The van der Waals surface area contributed by atoms with Crippen molar-refractivity contribution in [2.45, 2.75) is 6.54 Å². The van der Waals surface area contributed by atoms with E-state index in [1.54, 1.807) is 0 Å². The summed E-state index contributed by atoms with van der Waals surface area (Å²) < 4.78 is 1.81. The van der Waals surface area contributed by atoms with Crippen molar-refractivity contribution in [1.29, 1.82) is 0 Å². The molecule has 0 aliphatic heterocycles. The number of rotatable bonds is 2. The van der Waals surface area contributed by atoms with Crippen LogP contribution in [0.4, 0.5) is 0 Å². The van der Waals surface area contributed by atoms with E-state index < -0.39 is 0 Å². The molecule has 0 amide bonds. The number of nitrogens with two attached hydrogens (primary N) is 1. The van der Waals surface area contributed by atoms with Crippen LogP contribution in [0.5, 0.6) is 0 Å². The van der Waals surface area contributed by atoms with Crippen LogP contribution in [0.15, 0.2) is 30.3 Å². The molecule has 4 heteroatoms. The third-order valence-electron chi connectivity index (χ3n) is 2.35. The Morgan fingerprint density at radius 1 is 1.33 bits per heavy atom. The highest BCUT2D eigenvalue weighted by Gasteiger charge is 2.12. The fraction of sp³-hybridized carbons (Fsp3) is 0.182. The summed E-state index contributed by atoms with van der Waals surface area (Å²) >= 11 is 6.17. The van der Waals surface area contributed by atoms with Gasteiger partial charge in [0.05, 0.1) is 6.54 Å². The fourth-order valence-corrected chi connectivity index (χ4v) is 1.73. The number of hydrogen-bond acceptors (Lipinski definition) is 2. The maximum Gasteiger partial charge on any atom is 0.136 e. The second kappa shape index (κ2) is 4.04. The summed E-state index contributed by atoms with van der Waals surface area (Å²) in [6.07, 6.45) is 0. The predicted molar refractivity (Wildman–Crippen MR) is 61.5 cm³/mol. The number of nitrogens with zero attached hydrogens (tertiary/aromatic N) is 2. The van der Waals surface area contributed by atoms with Gasteiger partial charge in [-0.1, -0.05) is 41.9 Å². The summed E-state index contributed by atoms with van der Waals surface area (Å²) in [4.78, 5) is 4.40. The smallest absolute Gasteiger partial charge is 0.136 e. The minimum absolute atomic E-state index is 0.392. The molecule has 0 radical (unpaired) electrons. The van der Waals surface area contributed by atoms with Gasteiger partial charge in [-0.2, -0.15) is 0 Å². The third-order valence-corrected chi connectivity index (χ3v) is 2.78. The fourth-order valence-electron chi connectivity index (χ4n) is 1.48. The van der Waals surface area contributed by atoms with Crippen LogP contribution in [0.25, 0.3) is 11.3 Å². The minimum Gasteiger partial charge on any atom is -0.324 e. The van der Waals surface area contributed by atoms with Crippen LogP contribution in [-0.2, 0) is 13.6 Å². The summed E-state index contributed by atoms with van der Waals surface area (Å²) in [6, 6.07) is 9.85.